The van der Waals surface area contributed by atoms with Crippen molar-refractivity contribution in [2.45, 2.75) is 17.9 Å². The summed E-state index contributed by atoms with van der Waals surface area (Å²) < 4.78 is 24.3. The summed E-state index contributed by atoms with van der Waals surface area (Å²) in [6.45, 7) is 1.78. The minimum atomic E-state index is -3.85. The zero-order valence-electron chi connectivity index (χ0n) is 14.3. The van der Waals surface area contributed by atoms with Gasteiger partial charge < -0.3 is 15.7 Å². The molecule has 0 aliphatic heterocycles. The van der Waals surface area contributed by atoms with E-state index in [0.717, 1.165) is 0 Å². The topological polar surface area (TPSA) is 130 Å². The fraction of sp³-hybridized carbons (Fsp3) is 0.176. The summed E-state index contributed by atoms with van der Waals surface area (Å²) in [7, 11) is -3.85. The first-order valence-electron chi connectivity index (χ1n) is 8.01. The number of fused-ring (bicyclic) bond motifs is 1. The highest BCUT2D eigenvalue weighted by atomic mass is 79.9. The molecule has 3 rings (SSSR count). The lowest BCUT2D eigenvalue weighted by atomic mass is 10.1. The van der Waals surface area contributed by atoms with E-state index in [1.54, 1.807) is 36.5 Å². The molecular formula is C17H18BrN5O3S. The largest absolute Gasteiger partial charge is 0.394 e. The van der Waals surface area contributed by atoms with E-state index in [4.69, 9.17) is 5.14 Å². The van der Waals surface area contributed by atoms with Crippen molar-refractivity contribution in [2.24, 2.45) is 5.14 Å². The fourth-order valence-corrected chi connectivity index (χ4v) is 3.62. The number of halogens is 1. The average molecular weight is 452 g/mol. The molecule has 0 fully saturated rings. The van der Waals surface area contributed by atoms with Gasteiger partial charge >= 0.3 is 0 Å². The van der Waals surface area contributed by atoms with Gasteiger partial charge in [-0.2, -0.15) is 4.98 Å². The third kappa shape index (κ3) is 4.35. The molecule has 0 bridgehead atoms. The monoisotopic (exact) mass is 451 g/mol. The van der Waals surface area contributed by atoms with Crippen molar-refractivity contribution in [3.05, 3.63) is 47.1 Å². The minimum absolute atomic E-state index is 0.0428. The second-order valence-electron chi connectivity index (χ2n) is 5.94. The van der Waals surface area contributed by atoms with Crippen LogP contribution in [0.15, 0.2) is 52.0 Å². The molecule has 0 aliphatic carbocycles. The summed E-state index contributed by atoms with van der Waals surface area (Å²) in [5.41, 5.74) is 0.640. The van der Waals surface area contributed by atoms with Crippen LogP contribution in [-0.4, -0.2) is 36.1 Å². The smallest absolute Gasteiger partial charge is 0.238 e. The molecule has 2 aromatic carbocycles. The Morgan fingerprint density at radius 3 is 2.63 bits per heavy atom. The molecular weight excluding hydrogens is 434 g/mol. The third-order valence-corrected chi connectivity index (χ3v) is 5.39. The van der Waals surface area contributed by atoms with Gasteiger partial charge in [-0.15, -0.1) is 0 Å². The van der Waals surface area contributed by atoms with Gasteiger partial charge in [0.25, 0.3) is 0 Å². The molecule has 10 heteroatoms. The second kappa shape index (κ2) is 7.77. The van der Waals surface area contributed by atoms with Crippen LogP contribution in [0.4, 0.5) is 17.5 Å². The Hall–Kier alpha value is -2.27. The molecule has 0 unspecified atom stereocenters. The number of rotatable bonds is 6. The van der Waals surface area contributed by atoms with Crippen molar-refractivity contribution in [3.8, 4) is 0 Å². The highest BCUT2D eigenvalue weighted by Crippen LogP contribution is 2.30. The molecule has 0 aliphatic rings. The van der Waals surface area contributed by atoms with E-state index in [1.807, 2.05) is 6.92 Å². The van der Waals surface area contributed by atoms with Crippen LogP contribution in [0, 0.1) is 0 Å². The second-order valence-corrected chi connectivity index (χ2v) is 8.33. The van der Waals surface area contributed by atoms with Gasteiger partial charge in [0.15, 0.2) is 0 Å². The summed E-state index contributed by atoms with van der Waals surface area (Å²) in [6, 6.07) is 9.92. The maximum absolute atomic E-state index is 11.8. The molecule has 0 saturated heterocycles. The molecule has 8 nitrogen and oxygen atoms in total. The Morgan fingerprint density at radius 2 is 1.93 bits per heavy atom. The predicted molar refractivity (Wildman–Crippen MR) is 109 cm³/mol. The fourth-order valence-electron chi connectivity index (χ4n) is 2.57. The van der Waals surface area contributed by atoms with Crippen LogP contribution in [0.25, 0.3) is 10.8 Å². The van der Waals surface area contributed by atoms with Crippen molar-refractivity contribution < 1.29 is 13.5 Å². The van der Waals surface area contributed by atoms with E-state index in [1.165, 1.54) is 6.07 Å². The van der Waals surface area contributed by atoms with Gasteiger partial charge in [-0.1, -0.05) is 24.3 Å². The van der Waals surface area contributed by atoms with Gasteiger partial charge in [-0.25, -0.2) is 18.5 Å². The highest BCUT2D eigenvalue weighted by molar-refractivity contribution is 9.10. The van der Waals surface area contributed by atoms with E-state index in [-0.39, 0.29) is 17.5 Å². The van der Waals surface area contributed by atoms with Crippen molar-refractivity contribution in [3.63, 3.8) is 0 Å². The van der Waals surface area contributed by atoms with E-state index >= 15 is 0 Å². The summed E-state index contributed by atoms with van der Waals surface area (Å²) in [6.07, 6.45) is 1.59. The number of hydrogen-bond acceptors (Lipinski definition) is 7. The standard InChI is InChI=1S/C17H18BrN5O3S/c1-10(9-24)21-16-13(18)8-20-17(23-16)22-14-6-2-5-12-11(14)4-3-7-15(12)27(19,25)26/h2-8,10,24H,9H2,1H3,(H2,19,25,26)(H2,20,21,22,23)/t10-/m0/s1. The van der Waals surface area contributed by atoms with Gasteiger partial charge in [0.1, 0.15) is 5.82 Å². The first kappa shape index (κ1) is 19.5. The van der Waals surface area contributed by atoms with Crippen LogP contribution in [0.1, 0.15) is 6.92 Å². The van der Waals surface area contributed by atoms with Crippen molar-refractivity contribution in [1.82, 2.24) is 9.97 Å². The lowest BCUT2D eigenvalue weighted by molar-refractivity contribution is 0.281. The van der Waals surface area contributed by atoms with Crippen molar-refractivity contribution in [2.75, 3.05) is 17.2 Å². The van der Waals surface area contributed by atoms with Crippen LogP contribution >= 0.6 is 15.9 Å². The number of nitrogens with one attached hydrogen (secondary N) is 2. The number of primary sulfonamides is 1. The van der Waals surface area contributed by atoms with Crippen molar-refractivity contribution in [1.29, 1.82) is 0 Å². The van der Waals surface area contributed by atoms with E-state index in [0.29, 0.717) is 32.7 Å². The van der Waals surface area contributed by atoms with Crippen LogP contribution in [0.5, 0.6) is 0 Å². The number of sulfonamides is 1. The lowest BCUT2D eigenvalue weighted by Gasteiger charge is -2.15. The number of nitrogens with zero attached hydrogens (tertiary/aromatic N) is 2. The first-order valence-corrected chi connectivity index (χ1v) is 10.3. The zero-order chi connectivity index (χ0) is 19.6. The molecule has 0 radical (unpaired) electrons. The number of nitrogens with two attached hydrogens (primary N) is 1. The van der Waals surface area contributed by atoms with Gasteiger partial charge in [0, 0.05) is 28.7 Å². The maximum Gasteiger partial charge on any atom is 0.238 e. The Balaban J connectivity index is 2.02. The minimum Gasteiger partial charge on any atom is -0.394 e. The van der Waals surface area contributed by atoms with Gasteiger partial charge in [-0.05, 0) is 35.0 Å². The molecule has 0 spiro atoms. The normalized spacial score (nSPS) is 12.7. The molecule has 3 aromatic rings. The Kier molecular flexibility index (Phi) is 5.61. The molecule has 1 aromatic heterocycles. The van der Waals surface area contributed by atoms with E-state index in [9.17, 15) is 13.5 Å². The molecule has 5 N–H and O–H groups in total. The number of anilines is 3. The number of benzene rings is 2. The SMILES string of the molecule is C[C@@H](CO)Nc1nc(Nc2cccc3c(S(N)(=O)=O)cccc23)ncc1Br. The maximum atomic E-state index is 11.8. The van der Waals surface area contributed by atoms with Gasteiger partial charge in [0.05, 0.1) is 16.0 Å². The molecule has 27 heavy (non-hydrogen) atoms. The van der Waals surface area contributed by atoms with E-state index in [2.05, 4.69) is 36.5 Å². The molecule has 1 atom stereocenters. The molecule has 142 valence electrons. The Labute approximate surface area is 165 Å². The van der Waals surface area contributed by atoms with Crippen LogP contribution in [-0.2, 0) is 10.0 Å². The molecule has 1 heterocycles. The number of aliphatic hydroxyl groups is 1. The number of aromatic nitrogens is 2. The van der Waals surface area contributed by atoms with Crippen LogP contribution in [0.3, 0.4) is 0 Å². The summed E-state index contributed by atoms with van der Waals surface area (Å²) in [4.78, 5) is 8.69. The average Bonchev–Trinajstić information content (AvgIpc) is 2.63. The van der Waals surface area contributed by atoms with Crippen LogP contribution in [0.2, 0.25) is 0 Å². The van der Waals surface area contributed by atoms with Crippen LogP contribution < -0.4 is 15.8 Å². The lowest BCUT2D eigenvalue weighted by Crippen LogP contribution is -2.20. The Bertz CT molecular complexity index is 1090. The quantitative estimate of drug-likeness (QED) is 0.452. The highest BCUT2D eigenvalue weighted by Gasteiger charge is 2.14. The van der Waals surface area contributed by atoms with Gasteiger partial charge in [0.2, 0.25) is 16.0 Å². The van der Waals surface area contributed by atoms with E-state index < -0.39 is 10.0 Å². The number of hydrogen-bond donors (Lipinski definition) is 4. The zero-order valence-corrected chi connectivity index (χ0v) is 16.8. The third-order valence-electron chi connectivity index (χ3n) is 3.84. The molecule has 0 amide bonds. The Morgan fingerprint density at radius 1 is 1.22 bits per heavy atom. The number of aliphatic hydroxyl groups excluding tert-OH is 1. The van der Waals surface area contributed by atoms with Crippen molar-refractivity contribution >= 4 is 54.2 Å². The summed E-state index contributed by atoms with van der Waals surface area (Å²) in [5, 5.41) is 21.9. The molecule has 0 saturated carbocycles. The van der Waals surface area contributed by atoms with Gasteiger partial charge in [-0.3, -0.25) is 0 Å². The summed E-state index contributed by atoms with van der Waals surface area (Å²) >= 11 is 3.37. The first-order chi connectivity index (χ1) is 12.8. The summed E-state index contributed by atoms with van der Waals surface area (Å²) in [5.74, 6) is 0.846. The predicted octanol–water partition coefficient (Wildman–Crippen LogP) is 2.58.